The highest BCUT2D eigenvalue weighted by Gasteiger charge is 2.39. The van der Waals surface area contributed by atoms with Crippen molar-refractivity contribution in [1.29, 1.82) is 0 Å². The van der Waals surface area contributed by atoms with E-state index in [1.807, 2.05) is 27.7 Å². The second kappa shape index (κ2) is 14.2. The van der Waals surface area contributed by atoms with Crippen molar-refractivity contribution in [3.63, 3.8) is 0 Å². The molecule has 0 radical (unpaired) electrons. The Morgan fingerprint density at radius 2 is 1.51 bits per heavy atom. The number of rotatable bonds is 12. The van der Waals surface area contributed by atoms with E-state index in [-0.39, 0.29) is 18.6 Å². The van der Waals surface area contributed by atoms with Gasteiger partial charge in [0, 0.05) is 18.0 Å². The number of alkyl carbamates (subject to hydrolysis) is 1. The average molecular weight is 549 g/mol. The van der Waals surface area contributed by atoms with Gasteiger partial charge in [0.1, 0.15) is 23.4 Å². The molecule has 220 valence electrons. The fraction of sp³-hybridized carbons (Fsp3) is 0.655. The number of phenols is 1. The van der Waals surface area contributed by atoms with Gasteiger partial charge >= 0.3 is 6.09 Å². The third kappa shape index (κ3) is 12.4. The van der Waals surface area contributed by atoms with Gasteiger partial charge in [-0.15, -0.1) is 0 Å². The number of carbonyl (C=O) groups excluding carboxylic acids is 4. The molecule has 0 bridgehead atoms. The van der Waals surface area contributed by atoms with E-state index in [4.69, 9.17) is 10.5 Å². The molecular formula is C29H48N4O6. The Bertz CT molecular complexity index is 979. The van der Waals surface area contributed by atoms with E-state index < -0.39 is 53.1 Å². The highest BCUT2D eigenvalue weighted by molar-refractivity contribution is 5.93. The first kappa shape index (κ1) is 33.7. The predicted molar refractivity (Wildman–Crippen MR) is 151 cm³/mol. The Hall–Kier alpha value is -3.30. The number of hydrogen-bond acceptors (Lipinski definition) is 6. The van der Waals surface area contributed by atoms with Crippen LogP contribution < -0.4 is 16.4 Å². The van der Waals surface area contributed by atoms with Gasteiger partial charge in [-0.1, -0.05) is 26.0 Å². The van der Waals surface area contributed by atoms with Crippen molar-refractivity contribution >= 4 is 23.8 Å². The molecule has 0 aliphatic heterocycles. The molecule has 39 heavy (non-hydrogen) atoms. The normalized spacial score (nSPS) is 14.2. The van der Waals surface area contributed by atoms with E-state index in [0.29, 0.717) is 17.9 Å². The molecule has 0 aromatic heterocycles. The lowest BCUT2D eigenvalue weighted by Gasteiger charge is -2.39. The lowest BCUT2D eigenvalue weighted by molar-refractivity contribution is -0.146. The standard InChI is InChI=1S/C29H48N4O6/c1-18(2)10-11-19(3)33(24(25(36)32-28(4,5)6)20-12-14-21(34)15-13-20)26(37)22(16-17-23(30)35)31-27(38)39-29(7,8)9/h12-15,18-19,22,24,34H,10-11,16-17H2,1-9H3,(H2,30,35)(H,31,38)(H,32,36). The zero-order chi connectivity index (χ0) is 30.1. The zero-order valence-electron chi connectivity index (χ0n) is 25.0. The van der Waals surface area contributed by atoms with Crippen LogP contribution in [0.4, 0.5) is 4.79 Å². The predicted octanol–water partition coefficient (Wildman–Crippen LogP) is 4.16. The van der Waals surface area contributed by atoms with E-state index >= 15 is 0 Å². The van der Waals surface area contributed by atoms with Gasteiger partial charge < -0.3 is 31.1 Å². The van der Waals surface area contributed by atoms with Crippen LogP contribution in [0.1, 0.15) is 99.6 Å². The van der Waals surface area contributed by atoms with Crippen LogP contribution in [0, 0.1) is 5.92 Å². The van der Waals surface area contributed by atoms with E-state index in [0.717, 1.165) is 6.42 Å². The number of ether oxygens (including phenoxy) is 1. The molecule has 4 amide bonds. The van der Waals surface area contributed by atoms with Gasteiger partial charge in [0.05, 0.1) is 0 Å². The van der Waals surface area contributed by atoms with Crippen molar-refractivity contribution in [1.82, 2.24) is 15.5 Å². The Balaban J connectivity index is 3.66. The molecule has 0 aliphatic carbocycles. The number of amides is 4. The fourth-order valence-electron chi connectivity index (χ4n) is 4.02. The van der Waals surface area contributed by atoms with E-state index in [2.05, 4.69) is 24.5 Å². The van der Waals surface area contributed by atoms with Crippen LogP contribution in [0.3, 0.4) is 0 Å². The molecule has 3 unspecified atom stereocenters. The number of primary amides is 1. The van der Waals surface area contributed by atoms with Crippen LogP contribution in [0.2, 0.25) is 0 Å². The first-order chi connectivity index (χ1) is 17.8. The average Bonchev–Trinajstić information content (AvgIpc) is 2.76. The van der Waals surface area contributed by atoms with E-state index in [1.165, 1.54) is 17.0 Å². The largest absolute Gasteiger partial charge is 0.508 e. The molecule has 0 saturated carbocycles. The maximum atomic E-state index is 14.3. The lowest BCUT2D eigenvalue weighted by atomic mass is 9.95. The number of benzene rings is 1. The Morgan fingerprint density at radius 1 is 0.949 bits per heavy atom. The molecule has 5 N–H and O–H groups in total. The Kier molecular flexibility index (Phi) is 12.3. The molecule has 3 atom stereocenters. The van der Waals surface area contributed by atoms with Crippen molar-refractivity contribution in [2.24, 2.45) is 11.7 Å². The first-order valence-electron chi connectivity index (χ1n) is 13.5. The van der Waals surface area contributed by atoms with Crippen molar-refractivity contribution in [3.05, 3.63) is 29.8 Å². The molecule has 1 aromatic rings. The van der Waals surface area contributed by atoms with Crippen molar-refractivity contribution in [2.45, 2.75) is 117 Å². The second-order valence-corrected chi connectivity index (χ2v) is 12.5. The molecule has 10 heteroatoms. The number of nitrogens with one attached hydrogen (secondary N) is 2. The molecule has 1 aromatic carbocycles. The molecule has 0 heterocycles. The van der Waals surface area contributed by atoms with Crippen LogP contribution in [-0.2, 0) is 19.1 Å². The number of nitrogens with zero attached hydrogens (tertiary/aromatic N) is 1. The van der Waals surface area contributed by atoms with Gasteiger partial charge in [0.2, 0.25) is 17.7 Å². The van der Waals surface area contributed by atoms with Crippen LogP contribution in [0.15, 0.2) is 24.3 Å². The van der Waals surface area contributed by atoms with Crippen LogP contribution in [0.5, 0.6) is 5.75 Å². The monoisotopic (exact) mass is 548 g/mol. The third-order valence-corrected chi connectivity index (χ3v) is 5.79. The maximum Gasteiger partial charge on any atom is 0.408 e. The van der Waals surface area contributed by atoms with Crippen LogP contribution >= 0.6 is 0 Å². The zero-order valence-corrected chi connectivity index (χ0v) is 25.0. The van der Waals surface area contributed by atoms with Crippen molar-refractivity contribution in [2.75, 3.05) is 0 Å². The Labute approximate surface area is 233 Å². The fourth-order valence-corrected chi connectivity index (χ4v) is 4.02. The number of carbonyl (C=O) groups is 4. The first-order valence-corrected chi connectivity index (χ1v) is 13.5. The summed E-state index contributed by atoms with van der Waals surface area (Å²) in [6.45, 7) is 16.6. The molecule has 0 fully saturated rings. The lowest BCUT2D eigenvalue weighted by Crippen LogP contribution is -2.57. The van der Waals surface area contributed by atoms with Gasteiger partial charge in [-0.3, -0.25) is 14.4 Å². The topological polar surface area (TPSA) is 151 Å². The number of hydrogen-bond donors (Lipinski definition) is 4. The van der Waals surface area contributed by atoms with Gasteiger partial charge in [-0.25, -0.2) is 4.79 Å². The summed E-state index contributed by atoms with van der Waals surface area (Å²) in [4.78, 5) is 53.9. The number of nitrogens with two attached hydrogens (primary N) is 1. The molecule has 0 saturated heterocycles. The summed E-state index contributed by atoms with van der Waals surface area (Å²) in [6.07, 6.45) is 0.345. The quantitative estimate of drug-likeness (QED) is 0.308. The number of phenolic OH excluding ortho intramolecular Hbond substituents is 1. The maximum absolute atomic E-state index is 14.3. The van der Waals surface area contributed by atoms with Crippen LogP contribution in [-0.4, -0.2) is 57.0 Å². The highest BCUT2D eigenvalue weighted by atomic mass is 16.6. The van der Waals surface area contributed by atoms with E-state index in [9.17, 15) is 24.3 Å². The SMILES string of the molecule is CC(C)CCC(C)N(C(=O)C(CCC(N)=O)NC(=O)OC(C)(C)C)C(C(=O)NC(C)(C)C)c1ccc(O)cc1. The molecular weight excluding hydrogens is 500 g/mol. The summed E-state index contributed by atoms with van der Waals surface area (Å²) in [6, 6.07) is 3.44. The van der Waals surface area contributed by atoms with Crippen LogP contribution in [0.25, 0.3) is 0 Å². The van der Waals surface area contributed by atoms with Gasteiger partial charge in [0.15, 0.2) is 0 Å². The smallest absolute Gasteiger partial charge is 0.408 e. The summed E-state index contributed by atoms with van der Waals surface area (Å²) in [5, 5.41) is 15.4. The second-order valence-electron chi connectivity index (χ2n) is 12.5. The van der Waals surface area contributed by atoms with Gasteiger partial charge in [0.25, 0.3) is 0 Å². The Morgan fingerprint density at radius 3 is 1.97 bits per heavy atom. The van der Waals surface area contributed by atoms with E-state index in [1.54, 1.807) is 32.9 Å². The minimum absolute atomic E-state index is 0.0189. The summed E-state index contributed by atoms with van der Waals surface area (Å²) in [5.41, 5.74) is 4.46. The molecule has 1 rings (SSSR count). The molecule has 0 spiro atoms. The van der Waals surface area contributed by atoms with Crippen molar-refractivity contribution < 1.29 is 29.0 Å². The van der Waals surface area contributed by atoms with Gasteiger partial charge in [-0.05, 0) is 91.3 Å². The highest BCUT2D eigenvalue weighted by Crippen LogP contribution is 2.29. The minimum Gasteiger partial charge on any atom is -0.508 e. The number of aromatic hydroxyl groups is 1. The minimum atomic E-state index is -1.17. The molecule has 0 aliphatic rings. The summed E-state index contributed by atoms with van der Waals surface area (Å²) >= 11 is 0. The summed E-state index contributed by atoms with van der Waals surface area (Å²) in [7, 11) is 0. The van der Waals surface area contributed by atoms with Crippen molar-refractivity contribution in [3.8, 4) is 5.75 Å². The third-order valence-electron chi connectivity index (χ3n) is 5.79. The summed E-state index contributed by atoms with van der Waals surface area (Å²) in [5.74, 6) is -1.21. The molecule has 10 nitrogen and oxygen atoms in total. The van der Waals surface area contributed by atoms with Gasteiger partial charge in [-0.2, -0.15) is 0 Å². The summed E-state index contributed by atoms with van der Waals surface area (Å²) < 4.78 is 5.37.